The molecular weight excluding hydrogens is 223 g/mol. The highest BCUT2D eigenvalue weighted by Crippen LogP contribution is 2.60. The van der Waals surface area contributed by atoms with Crippen LogP contribution in [0.3, 0.4) is 0 Å². The van der Waals surface area contributed by atoms with Gasteiger partial charge in [0.2, 0.25) is 0 Å². The van der Waals surface area contributed by atoms with Crippen molar-refractivity contribution in [3.63, 3.8) is 0 Å². The lowest BCUT2D eigenvalue weighted by Crippen LogP contribution is -2.03. The molecular formula is C16H29P. The largest absolute Gasteiger partial charge is 0.103 e. The molecule has 0 N–H and O–H groups in total. The Kier molecular flexibility index (Phi) is 6.06. The van der Waals surface area contributed by atoms with Gasteiger partial charge in [0.15, 0.2) is 0 Å². The Hall–Kier alpha value is 0.170. The van der Waals surface area contributed by atoms with Crippen LogP contribution >= 0.6 is 7.92 Å². The molecule has 0 aromatic rings. The van der Waals surface area contributed by atoms with E-state index in [9.17, 15) is 0 Å². The second-order valence-electron chi connectivity index (χ2n) is 5.90. The van der Waals surface area contributed by atoms with E-state index in [0.29, 0.717) is 7.92 Å². The second-order valence-corrected chi connectivity index (χ2v) is 8.84. The number of rotatable bonds is 7. The van der Waals surface area contributed by atoms with E-state index in [4.69, 9.17) is 0 Å². The van der Waals surface area contributed by atoms with Crippen molar-refractivity contribution in [1.29, 1.82) is 0 Å². The number of allylic oxidation sites excluding steroid dienone is 1. The molecule has 2 rings (SSSR count). The zero-order valence-corrected chi connectivity index (χ0v) is 12.3. The fourth-order valence-electron chi connectivity index (χ4n) is 3.70. The molecule has 2 aliphatic heterocycles. The molecule has 0 nitrogen and oxygen atoms in total. The van der Waals surface area contributed by atoms with Crippen molar-refractivity contribution in [2.24, 2.45) is 0 Å². The minimum absolute atomic E-state index is 0.446. The standard InChI is InChI=1S/C16H29P/c1-2-3-4-5-6-9-14-17-15-10-7-8-11-16(17)13-12-15/h2,15-16H,1,3-14H2. The molecule has 2 heterocycles. The molecule has 0 spiro atoms. The van der Waals surface area contributed by atoms with Gasteiger partial charge in [0.1, 0.15) is 0 Å². The van der Waals surface area contributed by atoms with Crippen LogP contribution in [0.5, 0.6) is 0 Å². The maximum absolute atomic E-state index is 3.79. The first-order valence-corrected chi connectivity index (χ1v) is 9.45. The lowest BCUT2D eigenvalue weighted by Gasteiger charge is -2.23. The van der Waals surface area contributed by atoms with Gasteiger partial charge < -0.3 is 0 Å². The van der Waals surface area contributed by atoms with Crippen LogP contribution in [0.2, 0.25) is 0 Å². The van der Waals surface area contributed by atoms with Crippen LogP contribution in [0.25, 0.3) is 0 Å². The second kappa shape index (κ2) is 7.57. The molecule has 2 fully saturated rings. The summed E-state index contributed by atoms with van der Waals surface area (Å²) in [6.07, 6.45) is 20.1. The van der Waals surface area contributed by atoms with Gasteiger partial charge in [0, 0.05) is 0 Å². The molecule has 2 saturated heterocycles. The molecule has 0 amide bonds. The highest BCUT2D eigenvalue weighted by Gasteiger charge is 2.35. The van der Waals surface area contributed by atoms with Gasteiger partial charge in [0.05, 0.1) is 0 Å². The summed E-state index contributed by atoms with van der Waals surface area (Å²) in [4.78, 5) is 0. The highest BCUT2D eigenvalue weighted by atomic mass is 31.1. The van der Waals surface area contributed by atoms with Gasteiger partial charge in [-0.1, -0.05) is 31.8 Å². The Bertz CT molecular complexity index is 210. The van der Waals surface area contributed by atoms with Crippen LogP contribution in [-0.4, -0.2) is 17.5 Å². The van der Waals surface area contributed by atoms with Gasteiger partial charge in [-0.3, -0.25) is 0 Å². The molecule has 0 aliphatic carbocycles. The molecule has 1 heteroatoms. The SMILES string of the molecule is C=CCCCCCCP1C2CCCCC1CC2. The molecule has 2 unspecified atom stereocenters. The van der Waals surface area contributed by atoms with E-state index in [1.165, 1.54) is 43.4 Å². The lowest BCUT2D eigenvalue weighted by molar-refractivity contribution is 0.556. The molecule has 98 valence electrons. The van der Waals surface area contributed by atoms with Crippen molar-refractivity contribution in [1.82, 2.24) is 0 Å². The number of unbranched alkanes of at least 4 members (excludes halogenated alkanes) is 4. The third-order valence-corrected chi connectivity index (χ3v) is 8.41. The first-order valence-electron chi connectivity index (χ1n) is 7.78. The minimum atomic E-state index is 0.446. The molecule has 2 atom stereocenters. The number of hydrogen-bond acceptors (Lipinski definition) is 0. The summed E-state index contributed by atoms with van der Waals surface area (Å²) >= 11 is 0. The summed E-state index contributed by atoms with van der Waals surface area (Å²) in [5.41, 5.74) is 2.37. The molecule has 0 radical (unpaired) electrons. The Balaban J connectivity index is 1.63. The van der Waals surface area contributed by atoms with E-state index in [0.717, 1.165) is 0 Å². The Labute approximate surface area is 109 Å². The Morgan fingerprint density at radius 2 is 1.53 bits per heavy atom. The van der Waals surface area contributed by atoms with Gasteiger partial charge in [-0.15, -0.1) is 14.5 Å². The number of hydrogen-bond donors (Lipinski definition) is 0. The fourth-order valence-corrected chi connectivity index (χ4v) is 7.60. The zero-order chi connectivity index (χ0) is 11.9. The highest BCUT2D eigenvalue weighted by molar-refractivity contribution is 7.59. The van der Waals surface area contributed by atoms with Crippen LogP contribution in [0, 0.1) is 0 Å². The van der Waals surface area contributed by atoms with Crippen molar-refractivity contribution in [3.05, 3.63) is 12.7 Å². The van der Waals surface area contributed by atoms with Crippen LogP contribution in [-0.2, 0) is 0 Å². The van der Waals surface area contributed by atoms with E-state index in [1.807, 2.05) is 0 Å². The van der Waals surface area contributed by atoms with E-state index >= 15 is 0 Å². The summed E-state index contributed by atoms with van der Waals surface area (Å²) in [6, 6.07) is 0. The maximum atomic E-state index is 3.79. The summed E-state index contributed by atoms with van der Waals surface area (Å²) in [5, 5.41) is 0. The molecule has 0 aromatic carbocycles. The van der Waals surface area contributed by atoms with Gasteiger partial charge >= 0.3 is 0 Å². The predicted molar refractivity (Wildman–Crippen MR) is 80.3 cm³/mol. The smallest absolute Gasteiger partial charge is 0.0206 e. The quantitative estimate of drug-likeness (QED) is 0.309. The van der Waals surface area contributed by atoms with Crippen molar-refractivity contribution in [2.75, 3.05) is 6.16 Å². The average Bonchev–Trinajstić information content (AvgIpc) is 2.57. The van der Waals surface area contributed by atoms with Crippen molar-refractivity contribution < 1.29 is 0 Å². The predicted octanol–water partition coefficient (Wildman–Crippen LogP) is 5.71. The van der Waals surface area contributed by atoms with Gasteiger partial charge in [-0.05, 0) is 62.4 Å². The minimum Gasteiger partial charge on any atom is -0.103 e. The van der Waals surface area contributed by atoms with Gasteiger partial charge in [-0.25, -0.2) is 0 Å². The van der Waals surface area contributed by atoms with Crippen LogP contribution in [0.4, 0.5) is 0 Å². The number of fused-ring (bicyclic) bond motifs is 2. The summed E-state index contributed by atoms with van der Waals surface area (Å²) in [6.45, 7) is 3.79. The summed E-state index contributed by atoms with van der Waals surface area (Å²) in [5.74, 6) is 0. The third-order valence-electron chi connectivity index (χ3n) is 4.67. The Morgan fingerprint density at radius 3 is 2.18 bits per heavy atom. The monoisotopic (exact) mass is 252 g/mol. The van der Waals surface area contributed by atoms with E-state index in [-0.39, 0.29) is 0 Å². The lowest BCUT2D eigenvalue weighted by atomic mass is 10.0. The van der Waals surface area contributed by atoms with E-state index < -0.39 is 0 Å². The van der Waals surface area contributed by atoms with Crippen molar-refractivity contribution in [3.8, 4) is 0 Å². The maximum Gasteiger partial charge on any atom is -0.0206 e. The fraction of sp³-hybridized carbons (Fsp3) is 0.875. The first-order chi connectivity index (χ1) is 8.42. The molecule has 2 bridgehead atoms. The van der Waals surface area contributed by atoms with E-state index in [2.05, 4.69) is 12.7 Å². The van der Waals surface area contributed by atoms with Crippen LogP contribution in [0.1, 0.15) is 70.6 Å². The molecule has 2 aliphatic rings. The Morgan fingerprint density at radius 1 is 0.882 bits per heavy atom. The normalized spacial score (nSPS) is 32.4. The average molecular weight is 252 g/mol. The molecule has 17 heavy (non-hydrogen) atoms. The van der Waals surface area contributed by atoms with Crippen LogP contribution in [0.15, 0.2) is 12.7 Å². The first kappa shape index (κ1) is 13.6. The zero-order valence-electron chi connectivity index (χ0n) is 11.4. The van der Waals surface area contributed by atoms with Crippen molar-refractivity contribution >= 4 is 7.92 Å². The molecule has 0 aromatic heterocycles. The topological polar surface area (TPSA) is 0 Å². The van der Waals surface area contributed by atoms with Crippen LogP contribution < -0.4 is 0 Å². The summed E-state index contributed by atoms with van der Waals surface area (Å²) < 4.78 is 0. The van der Waals surface area contributed by atoms with Crippen molar-refractivity contribution in [2.45, 2.75) is 81.9 Å². The van der Waals surface area contributed by atoms with Gasteiger partial charge in [0.25, 0.3) is 0 Å². The molecule has 0 saturated carbocycles. The van der Waals surface area contributed by atoms with E-state index in [1.54, 1.807) is 44.7 Å². The van der Waals surface area contributed by atoms with Gasteiger partial charge in [-0.2, -0.15) is 0 Å². The third kappa shape index (κ3) is 4.09. The summed E-state index contributed by atoms with van der Waals surface area (Å²) in [7, 11) is 0.446.